The Morgan fingerprint density at radius 2 is 1.62 bits per heavy atom. The minimum absolute atomic E-state index is 0.461. The third-order valence-corrected chi connectivity index (χ3v) is 2.94. The molecule has 0 aromatic heterocycles. The van der Waals surface area contributed by atoms with Crippen LogP contribution in [-0.4, -0.2) is 19.8 Å². The fourth-order valence-electron chi connectivity index (χ4n) is 1.90. The molecule has 2 rings (SSSR count). The number of rotatable bonds is 7. The highest BCUT2D eigenvalue weighted by molar-refractivity contribution is 5.47. The van der Waals surface area contributed by atoms with E-state index in [1.807, 2.05) is 56.3 Å². The van der Waals surface area contributed by atoms with Gasteiger partial charge in [0.25, 0.3) is 0 Å². The number of nitrogen functional groups attached to an aromatic ring is 1. The van der Waals surface area contributed by atoms with E-state index in [1.54, 1.807) is 0 Å². The average Bonchev–Trinajstić information content (AvgIpc) is 2.48. The molecule has 2 aromatic rings. The first-order valence-corrected chi connectivity index (χ1v) is 7.03. The molecule has 0 aliphatic carbocycles. The predicted octanol–water partition coefficient (Wildman–Crippen LogP) is 3.43. The second kappa shape index (κ2) is 7.43. The quantitative estimate of drug-likeness (QED) is 0.626. The molecule has 2 N–H and O–H groups in total. The van der Waals surface area contributed by atoms with E-state index in [1.165, 1.54) is 0 Å². The van der Waals surface area contributed by atoms with E-state index in [4.69, 9.17) is 19.9 Å². The maximum atomic E-state index is 5.74. The molecule has 4 heteroatoms. The van der Waals surface area contributed by atoms with Crippen LogP contribution in [0.25, 0.3) is 0 Å². The van der Waals surface area contributed by atoms with E-state index in [-0.39, 0.29) is 0 Å². The van der Waals surface area contributed by atoms with Crippen molar-refractivity contribution in [1.29, 1.82) is 0 Å². The van der Waals surface area contributed by atoms with Gasteiger partial charge < -0.3 is 19.9 Å². The molecule has 0 spiro atoms. The fraction of sp³-hybridized carbons (Fsp3) is 0.294. The molecule has 0 saturated heterocycles. The Labute approximate surface area is 125 Å². The lowest BCUT2D eigenvalue weighted by atomic mass is 10.2. The van der Waals surface area contributed by atoms with Crippen LogP contribution >= 0.6 is 0 Å². The molecule has 0 heterocycles. The summed E-state index contributed by atoms with van der Waals surface area (Å²) in [6, 6.07) is 13.2. The molecule has 0 fully saturated rings. The van der Waals surface area contributed by atoms with Crippen molar-refractivity contribution < 1.29 is 14.2 Å². The summed E-state index contributed by atoms with van der Waals surface area (Å²) in [5, 5.41) is 0. The number of benzene rings is 2. The van der Waals surface area contributed by atoms with Crippen molar-refractivity contribution in [3.63, 3.8) is 0 Å². The molecule has 0 atom stereocenters. The zero-order chi connectivity index (χ0) is 15.1. The molecule has 21 heavy (non-hydrogen) atoms. The van der Waals surface area contributed by atoms with Gasteiger partial charge in [-0.2, -0.15) is 0 Å². The zero-order valence-electron chi connectivity index (χ0n) is 12.5. The number of anilines is 1. The van der Waals surface area contributed by atoms with E-state index >= 15 is 0 Å². The normalized spacial score (nSPS) is 10.2. The maximum Gasteiger partial charge on any atom is 0.124 e. The standard InChI is InChI=1S/C17H21NO3/c1-3-19-15-5-4-6-16(12-15)20-9-10-21-17-11-14(18)8-7-13(17)2/h4-8,11-12H,3,9-10,18H2,1-2H3. The summed E-state index contributed by atoms with van der Waals surface area (Å²) < 4.78 is 16.8. The van der Waals surface area contributed by atoms with Gasteiger partial charge in [0.15, 0.2) is 0 Å². The minimum atomic E-state index is 0.461. The Morgan fingerprint density at radius 1 is 0.905 bits per heavy atom. The van der Waals surface area contributed by atoms with Gasteiger partial charge in [-0.1, -0.05) is 12.1 Å². The second-order valence-corrected chi connectivity index (χ2v) is 4.63. The number of hydrogen-bond donors (Lipinski definition) is 1. The van der Waals surface area contributed by atoms with Crippen molar-refractivity contribution in [2.24, 2.45) is 0 Å². The smallest absolute Gasteiger partial charge is 0.124 e. The Bertz CT molecular complexity index is 584. The van der Waals surface area contributed by atoms with E-state index < -0.39 is 0 Å². The number of aryl methyl sites for hydroxylation is 1. The van der Waals surface area contributed by atoms with Gasteiger partial charge >= 0.3 is 0 Å². The first-order chi connectivity index (χ1) is 10.2. The van der Waals surface area contributed by atoms with E-state index in [0.29, 0.717) is 25.5 Å². The van der Waals surface area contributed by atoms with Crippen LogP contribution in [0.2, 0.25) is 0 Å². The van der Waals surface area contributed by atoms with Crippen LogP contribution in [0.5, 0.6) is 17.2 Å². The molecular formula is C17H21NO3. The highest BCUT2D eigenvalue weighted by Crippen LogP contribution is 2.21. The van der Waals surface area contributed by atoms with Crippen LogP contribution in [0.4, 0.5) is 5.69 Å². The molecule has 0 aliphatic rings. The lowest BCUT2D eigenvalue weighted by molar-refractivity contribution is 0.215. The van der Waals surface area contributed by atoms with E-state index in [9.17, 15) is 0 Å². The van der Waals surface area contributed by atoms with Gasteiger partial charge in [-0.15, -0.1) is 0 Å². The van der Waals surface area contributed by atoms with Gasteiger partial charge in [-0.25, -0.2) is 0 Å². The molecule has 0 unspecified atom stereocenters. The monoisotopic (exact) mass is 287 g/mol. The van der Waals surface area contributed by atoms with Crippen molar-refractivity contribution in [1.82, 2.24) is 0 Å². The van der Waals surface area contributed by atoms with Crippen LogP contribution in [0, 0.1) is 6.92 Å². The average molecular weight is 287 g/mol. The van der Waals surface area contributed by atoms with Crippen molar-refractivity contribution in [2.45, 2.75) is 13.8 Å². The molecule has 0 amide bonds. The van der Waals surface area contributed by atoms with Crippen LogP contribution in [0.3, 0.4) is 0 Å². The summed E-state index contributed by atoms with van der Waals surface area (Å²) >= 11 is 0. The van der Waals surface area contributed by atoms with Crippen LogP contribution in [0.1, 0.15) is 12.5 Å². The fourth-order valence-corrected chi connectivity index (χ4v) is 1.90. The highest BCUT2D eigenvalue weighted by Gasteiger charge is 2.01. The summed E-state index contributed by atoms with van der Waals surface area (Å²) in [6.07, 6.45) is 0. The van der Waals surface area contributed by atoms with Crippen LogP contribution in [0.15, 0.2) is 42.5 Å². The summed E-state index contributed by atoms with van der Waals surface area (Å²) in [6.45, 7) is 5.50. The van der Waals surface area contributed by atoms with Crippen molar-refractivity contribution in [3.05, 3.63) is 48.0 Å². The summed E-state index contributed by atoms with van der Waals surface area (Å²) in [5.74, 6) is 2.37. The highest BCUT2D eigenvalue weighted by atomic mass is 16.5. The molecule has 0 aliphatic heterocycles. The Hall–Kier alpha value is -2.36. The lowest BCUT2D eigenvalue weighted by Crippen LogP contribution is -2.09. The first-order valence-electron chi connectivity index (χ1n) is 7.03. The molecule has 112 valence electrons. The largest absolute Gasteiger partial charge is 0.494 e. The third kappa shape index (κ3) is 4.60. The van der Waals surface area contributed by atoms with E-state index in [2.05, 4.69) is 0 Å². The topological polar surface area (TPSA) is 53.7 Å². The predicted molar refractivity (Wildman–Crippen MR) is 84.2 cm³/mol. The van der Waals surface area contributed by atoms with E-state index in [0.717, 1.165) is 22.8 Å². The maximum absolute atomic E-state index is 5.74. The van der Waals surface area contributed by atoms with Gasteiger partial charge in [-0.3, -0.25) is 0 Å². The van der Waals surface area contributed by atoms with Crippen LogP contribution < -0.4 is 19.9 Å². The summed E-state index contributed by atoms with van der Waals surface area (Å²) in [7, 11) is 0. The Kier molecular flexibility index (Phi) is 5.32. The lowest BCUT2D eigenvalue weighted by Gasteiger charge is -2.11. The zero-order valence-corrected chi connectivity index (χ0v) is 12.5. The Balaban J connectivity index is 1.81. The molecular weight excluding hydrogens is 266 g/mol. The van der Waals surface area contributed by atoms with Crippen molar-refractivity contribution >= 4 is 5.69 Å². The number of ether oxygens (including phenoxy) is 3. The van der Waals surface area contributed by atoms with Crippen molar-refractivity contribution in [3.8, 4) is 17.2 Å². The molecule has 0 saturated carbocycles. The number of nitrogens with two attached hydrogens (primary N) is 1. The van der Waals surface area contributed by atoms with Crippen LogP contribution in [-0.2, 0) is 0 Å². The van der Waals surface area contributed by atoms with Gasteiger partial charge in [-0.05, 0) is 37.6 Å². The molecule has 2 aromatic carbocycles. The first kappa shape index (κ1) is 15.0. The van der Waals surface area contributed by atoms with Crippen molar-refractivity contribution in [2.75, 3.05) is 25.6 Å². The Morgan fingerprint density at radius 3 is 2.38 bits per heavy atom. The SMILES string of the molecule is CCOc1cccc(OCCOc2cc(N)ccc2C)c1. The summed E-state index contributed by atoms with van der Waals surface area (Å²) in [4.78, 5) is 0. The molecule has 4 nitrogen and oxygen atoms in total. The third-order valence-electron chi connectivity index (χ3n) is 2.94. The van der Waals surface area contributed by atoms with Gasteiger partial charge in [0, 0.05) is 17.8 Å². The molecule has 0 bridgehead atoms. The number of hydrogen-bond acceptors (Lipinski definition) is 4. The van der Waals surface area contributed by atoms with Gasteiger partial charge in [0.1, 0.15) is 30.5 Å². The minimum Gasteiger partial charge on any atom is -0.494 e. The second-order valence-electron chi connectivity index (χ2n) is 4.63. The molecule has 0 radical (unpaired) electrons. The van der Waals surface area contributed by atoms with Gasteiger partial charge in [0.2, 0.25) is 0 Å². The van der Waals surface area contributed by atoms with Gasteiger partial charge in [0.05, 0.1) is 6.61 Å². The summed E-state index contributed by atoms with van der Waals surface area (Å²) in [5.41, 5.74) is 7.50.